The first-order valence-corrected chi connectivity index (χ1v) is 5.99. The van der Waals surface area contributed by atoms with Gasteiger partial charge in [-0.3, -0.25) is 0 Å². The van der Waals surface area contributed by atoms with E-state index in [1.165, 1.54) is 16.8 Å². The first kappa shape index (κ1) is 11.7. The van der Waals surface area contributed by atoms with Crippen LogP contribution in [0.3, 0.4) is 0 Å². The van der Waals surface area contributed by atoms with Gasteiger partial charge in [0.1, 0.15) is 0 Å². The highest BCUT2D eigenvalue weighted by Gasteiger charge is 2.14. The van der Waals surface area contributed by atoms with Crippen molar-refractivity contribution >= 4 is 33.2 Å². The highest BCUT2D eigenvalue weighted by atomic mass is 79.9. The molecule has 0 fully saturated rings. The van der Waals surface area contributed by atoms with Gasteiger partial charge >= 0.3 is 5.97 Å². The maximum atomic E-state index is 10.9. The SMILES string of the molecule is Nc1cc(C(=O)O)cn2nc(-c3ccc(Br)o3)nc12. The number of hydrogen-bond donors (Lipinski definition) is 2. The first-order valence-electron chi connectivity index (χ1n) is 5.19. The molecule has 0 aliphatic carbocycles. The zero-order valence-corrected chi connectivity index (χ0v) is 11.0. The fourth-order valence-corrected chi connectivity index (χ4v) is 1.97. The van der Waals surface area contributed by atoms with Gasteiger partial charge in [0.05, 0.1) is 11.3 Å². The minimum absolute atomic E-state index is 0.0436. The highest BCUT2D eigenvalue weighted by molar-refractivity contribution is 9.10. The molecule has 3 heterocycles. The second kappa shape index (κ2) is 4.09. The summed E-state index contributed by atoms with van der Waals surface area (Å²) in [5.74, 6) is -0.279. The van der Waals surface area contributed by atoms with Crippen LogP contribution in [0.4, 0.5) is 5.69 Å². The molecular formula is C11H7BrN4O3. The summed E-state index contributed by atoms with van der Waals surface area (Å²) in [6.45, 7) is 0. The maximum Gasteiger partial charge on any atom is 0.337 e. The van der Waals surface area contributed by atoms with Crippen molar-refractivity contribution in [3.8, 4) is 11.6 Å². The number of aromatic carboxylic acids is 1. The van der Waals surface area contributed by atoms with E-state index in [9.17, 15) is 4.79 Å². The van der Waals surface area contributed by atoms with Crippen LogP contribution in [0.5, 0.6) is 0 Å². The van der Waals surface area contributed by atoms with Crippen molar-refractivity contribution in [3.05, 3.63) is 34.6 Å². The van der Waals surface area contributed by atoms with Gasteiger partial charge in [0.15, 0.2) is 16.1 Å². The molecule has 0 radical (unpaired) electrons. The lowest BCUT2D eigenvalue weighted by molar-refractivity contribution is 0.0696. The van der Waals surface area contributed by atoms with Crippen molar-refractivity contribution in [3.63, 3.8) is 0 Å². The fraction of sp³-hybridized carbons (Fsp3) is 0. The van der Waals surface area contributed by atoms with Crippen LogP contribution in [0.25, 0.3) is 17.2 Å². The Kier molecular flexibility index (Phi) is 2.53. The first-order chi connectivity index (χ1) is 9.04. The number of carbonyl (C=O) groups is 1. The zero-order valence-electron chi connectivity index (χ0n) is 9.37. The van der Waals surface area contributed by atoms with Gasteiger partial charge in [-0.15, -0.1) is 5.10 Å². The van der Waals surface area contributed by atoms with Crippen molar-refractivity contribution < 1.29 is 14.3 Å². The number of anilines is 1. The van der Waals surface area contributed by atoms with Gasteiger partial charge in [0.25, 0.3) is 0 Å². The molecule has 0 spiro atoms. The Labute approximate surface area is 114 Å². The Bertz CT molecular complexity index is 792. The number of nitrogen functional groups attached to an aromatic ring is 1. The average molecular weight is 323 g/mol. The number of halogens is 1. The molecule has 0 unspecified atom stereocenters. The molecule has 7 nitrogen and oxygen atoms in total. The molecule has 96 valence electrons. The number of nitrogens with two attached hydrogens (primary N) is 1. The van der Waals surface area contributed by atoms with Crippen LogP contribution >= 0.6 is 15.9 Å². The molecule has 0 atom stereocenters. The molecular weight excluding hydrogens is 316 g/mol. The van der Waals surface area contributed by atoms with Gasteiger partial charge in [0, 0.05) is 6.20 Å². The molecule has 3 aromatic rings. The molecule has 0 amide bonds. The summed E-state index contributed by atoms with van der Waals surface area (Å²) in [5.41, 5.74) is 6.43. The van der Waals surface area contributed by atoms with Crippen molar-refractivity contribution in [1.82, 2.24) is 14.6 Å². The monoisotopic (exact) mass is 322 g/mol. The van der Waals surface area contributed by atoms with Gasteiger partial charge in [-0.25, -0.2) is 14.3 Å². The third-order valence-electron chi connectivity index (χ3n) is 2.50. The number of carboxylic acid groups (broad SMARTS) is 1. The summed E-state index contributed by atoms with van der Waals surface area (Å²) in [6.07, 6.45) is 1.35. The van der Waals surface area contributed by atoms with Crippen molar-refractivity contribution in [1.29, 1.82) is 0 Å². The lowest BCUT2D eigenvalue weighted by Gasteiger charge is -1.98. The van der Waals surface area contributed by atoms with E-state index in [2.05, 4.69) is 26.0 Å². The van der Waals surface area contributed by atoms with Crippen molar-refractivity contribution in [2.75, 3.05) is 5.73 Å². The largest absolute Gasteiger partial charge is 0.478 e. The zero-order chi connectivity index (χ0) is 13.6. The lowest BCUT2D eigenvalue weighted by Crippen LogP contribution is -2.02. The Morgan fingerprint density at radius 2 is 2.26 bits per heavy atom. The standard InChI is InChI=1S/C11H7BrN4O3/c12-8-2-1-7(19-8)9-14-10-6(13)3-5(11(17)18)4-16(10)15-9/h1-4H,13H2,(H,17,18). The predicted octanol–water partition coefficient (Wildman–Crippen LogP) is 2.03. The summed E-state index contributed by atoms with van der Waals surface area (Å²) < 4.78 is 7.22. The minimum atomic E-state index is -1.08. The Hall–Kier alpha value is -2.35. The van der Waals surface area contributed by atoms with E-state index in [4.69, 9.17) is 15.3 Å². The van der Waals surface area contributed by atoms with E-state index in [-0.39, 0.29) is 11.3 Å². The van der Waals surface area contributed by atoms with Crippen LogP contribution < -0.4 is 5.73 Å². The Morgan fingerprint density at radius 1 is 1.47 bits per heavy atom. The van der Waals surface area contributed by atoms with Crippen LogP contribution in [0, 0.1) is 0 Å². The van der Waals surface area contributed by atoms with E-state index in [0.29, 0.717) is 21.9 Å². The molecule has 3 rings (SSSR count). The molecule has 3 N–H and O–H groups in total. The Balaban J connectivity index is 2.20. The van der Waals surface area contributed by atoms with E-state index in [1.807, 2.05) is 0 Å². The van der Waals surface area contributed by atoms with Gasteiger partial charge < -0.3 is 15.3 Å². The third-order valence-corrected chi connectivity index (χ3v) is 2.93. The molecule has 0 aliphatic rings. The smallest absolute Gasteiger partial charge is 0.337 e. The van der Waals surface area contributed by atoms with Crippen LogP contribution in [-0.2, 0) is 0 Å². The number of furan rings is 1. The molecule has 8 heteroatoms. The number of rotatable bonds is 2. The summed E-state index contributed by atoms with van der Waals surface area (Å²) in [7, 11) is 0. The second-order valence-electron chi connectivity index (χ2n) is 3.80. The van der Waals surface area contributed by atoms with Crippen LogP contribution in [0.1, 0.15) is 10.4 Å². The quantitative estimate of drug-likeness (QED) is 0.747. The number of carboxylic acids is 1. The third kappa shape index (κ3) is 1.95. The minimum Gasteiger partial charge on any atom is -0.478 e. The molecule has 19 heavy (non-hydrogen) atoms. The number of hydrogen-bond acceptors (Lipinski definition) is 5. The molecule has 0 saturated heterocycles. The molecule has 0 bridgehead atoms. The number of fused-ring (bicyclic) bond motifs is 1. The van der Waals surface area contributed by atoms with Crippen molar-refractivity contribution in [2.24, 2.45) is 0 Å². The summed E-state index contributed by atoms with van der Waals surface area (Å²) in [6, 6.07) is 4.76. The maximum absolute atomic E-state index is 10.9. The van der Waals surface area contributed by atoms with E-state index < -0.39 is 5.97 Å². The van der Waals surface area contributed by atoms with Crippen LogP contribution in [0.15, 0.2) is 33.5 Å². The Morgan fingerprint density at radius 3 is 2.89 bits per heavy atom. The molecule has 3 aromatic heterocycles. The molecule has 0 saturated carbocycles. The number of nitrogens with zero attached hydrogens (tertiary/aromatic N) is 3. The van der Waals surface area contributed by atoms with E-state index in [1.54, 1.807) is 12.1 Å². The fourth-order valence-electron chi connectivity index (χ4n) is 1.67. The van der Waals surface area contributed by atoms with Crippen molar-refractivity contribution in [2.45, 2.75) is 0 Å². The topological polar surface area (TPSA) is 107 Å². The van der Waals surface area contributed by atoms with Gasteiger partial charge in [-0.2, -0.15) is 0 Å². The summed E-state index contributed by atoms with van der Waals surface area (Å²) in [5, 5.41) is 13.1. The van der Waals surface area contributed by atoms with Crippen LogP contribution in [0.2, 0.25) is 0 Å². The van der Waals surface area contributed by atoms with Crippen LogP contribution in [-0.4, -0.2) is 25.7 Å². The van der Waals surface area contributed by atoms with E-state index >= 15 is 0 Å². The molecule has 0 aromatic carbocycles. The number of aromatic nitrogens is 3. The summed E-state index contributed by atoms with van der Waals surface area (Å²) in [4.78, 5) is 15.2. The predicted molar refractivity (Wildman–Crippen MR) is 69.8 cm³/mol. The normalized spacial score (nSPS) is 11.0. The summed E-state index contributed by atoms with van der Waals surface area (Å²) >= 11 is 3.19. The molecule has 0 aliphatic heterocycles. The second-order valence-corrected chi connectivity index (χ2v) is 4.58. The highest BCUT2D eigenvalue weighted by Crippen LogP contribution is 2.24. The lowest BCUT2D eigenvalue weighted by atomic mass is 10.2. The average Bonchev–Trinajstić information content (AvgIpc) is 2.94. The van der Waals surface area contributed by atoms with Gasteiger partial charge in [-0.1, -0.05) is 0 Å². The van der Waals surface area contributed by atoms with Gasteiger partial charge in [0.2, 0.25) is 5.82 Å². The number of pyridine rings is 1. The van der Waals surface area contributed by atoms with E-state index in [0.717, 1.165) is 0 Å². The van der Waals surface area contributed by atoms with Gasteiger partial charge in [-0.05, 0) is 34.1 Å².